The number of carbonyl (C=O) groups excluding carboxylic acids is 3. The third-order valence-corrected chi connectivity index (χ3v) is 11.2. The highest BCUT2D eigenvalue weighted by atomic mass is 16.2. The Bertz CT molecular complexity index is 1830. The van der Waals surface area contributed by atoms with Crippen LogP contribution in [-0.4, -0.2) is 101 Å². The summed E-state index contributed by atoms with van der Waals surface area (Å²) >= 11 is 0. The van der Waals surface area contributed by atoms with Crippen molar-refractivity contribution in [1.82, 2.24) is 35.3 Å². The zero-order chi connectivity index (χ0) is 34.8. The highest BCUT2D eigenvalue weighted by molar-refractivity contribution is 5.99. The van der Waals surface area contributed by atoms with E-state index >= 15 is 0 Å². The second-order valence-corrected chi connectivity index (χ2v) is 15.3. The smallest absolute Gasteiger partial charge is 0.254 e. The van der Waals surface area contributed by atoms with Crippen molar-refractivity contribution in [3.8, 4) is 11.4 Å². The highest BCUT2D eigenvalue weighted by Gasteiger charge is 2.30. The molecule has 2 amide bonds. The van der Waals surface area contributed by atoms with Gasteiger partial charge in [0, 0.05) is 99.1 Å². The zero-order valence-electron chi connectivity index (χ0n) is 29.6. The zero-order valence-corrected chi connectivity index (χ0v) is 29.6. The molecule has 2 aliphatic heterocycles. The van der Waals surface area contributed by atoms with Crippen LogP contribution in [0.5, 0.6) is 0 Å². The number of carbonyl (C=O) groups is 3. The number of fused-ring (bicyclic) bond motifs is 2. The fraction of sp³-hybridized carbons (Fsp3) is 0.513. The van der Waals surface area contributed by atoms with Gasteiger partial charge in [-0.2, -0.15) is 5.10 Å². The quantitative estimate of drug-likeness (QED) is 0.203. The monoisotopic (exact) mass is 678 g/mol. The predicted molar refractivity (Wildman–Crippen MR) is 195 cm³/mol. The lowest BCUT2D eigenvalue weighted by atomic mass is 9.76. The molecule has 2 saturated heterocycles. The Kier molecular flexibility index (Phi) is 9.77. The summed E-state index contributed by atoms with van der Waals surface area (Å²) < 4.78 is 0. The van der Waals surface area contributed by atoms with E-state index in [4.69, 9.17) is 0 Å². The highest BCUT2D eigenvalue weighted by Crippen LogP contribution is 2.38. The summed E-state index contributed by atoms with van der Waals surface area (Å²) in [5, 5.41) is 11.7. The molecule has 3 aliphatic rings. The summed E-state index contributed by atoms with van der Waals surface area (Å²) in [4.78, 5) is 51.9. The van der Waals surface area contributed by atoms with E-state index in [9.17, 15) is 14.4 Å². The van der Waals surface area contributed by atoms with E-state index in [1.807, 2.05) is 29.2 Å². The fourth-order valence-electron chi connectivity index (χ4n) is 8.01. The Balaban J connectivity index is 0.882. The van der Waals surface area contributed by atoms with Crippen LogP contribution >= 0.6 is 0 Å². The van der Waals surface area contributed by atoms with Crippen LogP contribution in [0.2, 0.25) is 0 Å². The van der Waals surface area contributed by atoms with Gasteiger partial charge in [-0.25, -0.2) is 4.98 Å². The number of pyridine rings is 1. The number of hydrogen-bond donors (Lipinski definition) is 3. The van der Waals surface area contributed by atoms with Crippen molar-refractivity contribution in [2.24, 2.45) is 11.3 Å². The lowest BCUT2D eigenvalue weighted by Crippen LogP contribution is -2.50. The minimum Gasteiger partial charge on any atom is -0.359 e. The Morgan fingerprint density at radius 3 is 2.58 bits per heavy atom. The van der Waals surface area contributed by atoms with Gasteiger partial charge >= 0.3 is 0 Å². The first-order chi connectivity index (χ1) is 24.2. The molecule has 0 spiro atoms. The third-order valence-electron chi connectivity index (χ3n) is 11.2. The second kappa shape index (κ2) is 14.4. The number of hydrogen-bond acceptors (Lipinski definition) is 7. The molecule has 11 heteroatoms. The molecule has 1 aliphatic carbocycles. The van der Waals surface area contributed by atoms with Gasteiger partial charge < -0.3 is 24.9 Å². The molecule has 4 aromatic rings. The van der Waals surface area contributed by atoms with E-state index in [1.54, 1.807) is 13.2 Å². The first-order valence-electron chi connectivity index (χ1n) is 18.3. The normalized spacial score (nSPS) is 18.9. The van der Waals surface area contributed by atoms with Crippen molar-refractivity contribution < 1.29 is 14.4 Å². The van der Waals surface area contributed by atoms with Crippen molar-refractivity contribution in [1.29, 1.82) is 0 Å². The Labute approximate surface area is 294 Å². The van der Waals surface area contributed by atoms with Crippen LogP contribution in [0, 0.1) is 11.3 Å². The van der Waals surface area contributed by atoms with Crippen LogP contribution < -0.4 is 10.2 Å². The summed E-state index contributed by atoms with van der Waals surface area (Å²) in [7, 11) is 1.61. The Morgan fingerprint density at radius 2 is 1.86 bits per heavy atom. The predicted octanol–water partition coefficient (Wildman–Crippen LogP) is 4.95. The SMILES string of the molecule is CNC(=O)CCC(C=O)c1ccc(N2CCC(CN3CCN(C(=O)c4ccc5cc(-c6n[nH]c7c6CCC(C)(C)C7)[nH]c5c4)CC3)CC2)nc1. The van der Waals surface area contributed by atoms with Gasteiger partial charge in [0.2, 0.25) is 5.91 Å². The maximum atomic E-state index is 13.6. The molecule has 7 rings (SSSR count). The second-order valence-electron chi connectivity index (χ2n) is 15.3. The maximum absolute atomic E-state index is 13.6. The van der Waals surface area contributed by atoms with E-state index < -0.39 is 0 Å². The molecule has 1 aromatic carbocycles. The van der Waals surface area contributed by atoms with Gasteiger partial charge in [0.15, 0.2) is 0 Å². The fourth-order valence-corrected chi connectivity index (χ4v) is 8.01. The number of aldehydes is 1. The number of H-pyrrole nitrogens is 2. The van der Waals surface area contributed by atoms with Crippen LogP contribution in [0.3, 0.4) is 0 Å². The van der Waals surface area contributed by atoms with Crippen molar-refractivity contribution >= 4 is 34.8 Å². The molecule has 5 heterocycles. The van der Waals surface area contributed by atoms with Crippen LogP contribution in [0.25, 0.3) is 22.3 Å². The molecule has 0 saturated carbocycles. The van der Waals surface area contributed by atoms with Gasteiger partial charge in [-0.1, -0.05) is 26.0 Å². The molecular formula is C39H50N8O3. The first kappa shape index (κ1) is 34.0. The van der Waals surface area contributed by atoms with Crippen LogP contribution in [0.4, 0.5) is 5.82 Å². The molecule has 0 radical (unpaired) electrons. The van der Waals surface area contributed by atoms with Crippen molar-refractivity contribution in [3.63, 3.8) is 0 Å². The van der Waals surface area contributed by atoms with Crippen molar-refractivity contribution in [2.45, 2.75) is 64.7 Å². The van der Waals surface area contributed by atoms with Gasteiger partial charge in [-0.3, -0.25) is 19.6 Å². The third kappa shape index (κ3) is 7.33. The summed E-state index contributed by atoms with van der Waals surface area (Å²) in [5.74, 6) is 1.27. The number of anilines is 1. The molecule has 50 heavy (non-hydrogen) atoms. The van der Waals surface area contributed by atoms with Crippen LogP contribution in [0.15, 0.2) is 42.6 Å². The molecule has 3 aromatic heterocycles. The molecule has 2 fully saturated rings. The van der Waals surface area contributed by atoms with Gasteiger partial charge in [0.05, 0.1) is 5.69 Å². The number of benzene rings is 1. The van der Waals surface area contributed by atoms with Crippen molar-refractivity contribution in [3.05, 3.63) is 65.0 Å². The number of piperidine rings is 1. The summed E-state index contributed by atoms with van der Waals surface area (Å²) in [6, 6.07) is 12.1. The topological polar surface area (TPSA) is 130 Å². The maximum Gasteiger partial charge on any atom is 0.254 e. The van der Waals surface area contributed by atoms with E-state index in [-0.39, 0.29) is 17.7 Å². The van der Waals surface area contributed by atoms with Crippen molar-refractivity contribution in [2.75, 3.05) is 57.8 Å². The molecule has 0 bridgehead atoms. The lowest BCUT2D eigenvalue weighted by Gasteiger charge is -2.39. The first-order valence-corrected chi connectivity index (χ1v) is 18.3. The number of nitrogens with zero attached hydrogens (tertiary/aromatic N) is 5. The van der Waals surface area contributed by atoms with E-state index in [0.29, 0.717) is 24.2 Å². The Morgan fingerprint density at radius 1 is 1.06 bits per heavy atom. The summed E-state index contributed by atoms with van der Waals surface area (Å²) in [6.07, 6.45) is 8.89. The lowest BCUT2D eigenvalue weighted by molar-refractivity contribution is -0.120. The molecule has 11 nitrogen and oxygen atoms in total. The molecule has 3 N–H and O–H groups in total. The van der Waals surface area contributed by atoms with E-state index in [0.717, 1.165) is 123 Å². The minimum atomic E-state index is -0.322. The minimum absolute atomic E-state index is 0.0623. The van der Waals surface area contributed by atoms with E-state index in [1.165, 1.54) is 11.3 Å². The number of aromatic nitrogens is 4. The summed E-state index contributed by atoms with van der Waals surface area (Å²) in [6.45, 7) is 10.9. The number of nitrogens with one attached hydrogen (secondary N) is 3. The number of rotatable bonds is 10. The van der Waals surface area contributed by atoms with Gasteiger partial charge in [-0.05, 0) is 79.7 Å². The molecule has 1 atom stereocenters. The van der Waals surface area contributed by atoms with E-state index in [2.05, 4.69) is 61.3 Å². The number of aromatic amines is 2. The molecular weight excluding hydrogens is 628 g/mol. The Hall–Kier alpha value is -4.51. The van der Waals surface area contributed by atoms with Crippen LogP contribution in [-0.2, 0) is 22.4 Å². The summed E-state index contributed by atoms with van der Waals surface area (Å²) in [5.41, 5.74) is 7.43. The number of piperazine rings is 1. The molecule has 1 unspecified atom stereocenters. The van der Waals surface area contributed by atoms with Gasteiger partial charge in [0.25, 0.3) is 5.91 Å². The van der Waals surface area contributed by atoms with Gasteiger partial charge in [-0.15, -0.1) is 0 Å². The average Bonchev–Trinajstić information content (AvgIpc) is 3.75. The average molecular weight is 679 g/mol. The van der Waals surface area contributed by atoms with Gasteiger partial charge in [0.1, 0.15) is 17.8 Å². The molecule has 264 valence electrons. The van der Waals surface area contributed by atoms with Crippen LogP contribution in [0.1, 0.15) is 79.0 Å². The standard InChI is InChI=1S/C39H50N8O3/c1-39(2)13-10-31-34(22-39)43-44-37(31)33-20-27-4-5-28(21-32(27)42-33)38(50)47-18-16-45(17-19-47)24-26-11-14-46(15-12-26)35-8-6-29(23-41-35)30(25-48)7-9-36(49)40-3/h4-6,8,20-21,23,25-26,30,42H,7,9-19,22,24H2,1-3H3,(H,40,49)(H,43,44). The largest absolute Gasteiger partial charge is 0.359 e. The number of amides is 2.